The van der Waals surface area contributed by atoms with Crippen molar-refractivity contribution in [3.8, 4) is 89.5 Å². The van der Waals surface area contributed by atoms with Crippen molar-refractivity contribution in [3.05, 3.63) is 213 Å². The van der Waals surface area contributed by atoms with Crippen LogP contribution in [0.25, 0.3) is 89.5 Å². The van der Waals surface area contributed by atoms with Gasteiger partial charge < -0.3 is 0 Å². The van der Waals surface area contributed by atoms with E-state index < -0.39 is 12.9 Å². The molecule has 0 bridgehead atoms. The molecule has 0 radical (unpaired) electrons. The van der Waals surface area contributed by atoms with Gasteiger partial charge in [0.1, 0.15) is 0 Å². The average molecular weight is 1050 g/mol. The van der Waals surface area contributed by atoms with E-state index in [-0.39, 0.29) is 0 Å². The first-order chi connectivity index (χ1) is 32.0. The molecule has 0 amide bonds. The van der Waals surface area contributed by atoms with Crippen LogP contribution in [0.1, 0.15) is 0 Å². The summed E-state index contributed by atoms with van der Waals surface area (Å²) in [6.45, 7) is 0. The van der Waals surface area contributed by atoms with E-state index in [1.54, 1.807) is 0 Å². The Morgan fingerprint density at radius 2 is 0.455 bits per heavy atom. The first-order valence-electron chi connectivity index (χ1n) is 20.2. The third-order valence-electron chi connectivity index (χ3n) is 9.78. The van der Waals surface area contributed by atoms with Gasteiger partial charge in [0.25, 0.3) is 0 Å². The quantitative estimate of drug-likeness (QED) is 0.142. The van der Waals surface area contributed by atoms with Gasteiger partial charge in [0, 0.05) is 12.4 Å². The van der Waals surface area contributed by atoms with E-state index in [0.29, 0.717) is 0 Å². The van der Waals surface area contributed by atoms with E-state index >= 15 is 0 Å². The largest absolute Gasteiger partial charge is 0.255 e. The summed E-state index contributed by atoms with van der Waals surface area (Å²) < 4.78 is -2.25. The van der Waals surface area contributed by atoms with Crippen LogP contribution in [0.15, 0.2) is 213 Å². The molecule has 0 N–H and O–H groups in total. The number of hydrogen-bond acceptors (Lipinski definition) is 3. The summed E-state index contributed by atoms with van der Waals surface area (Å²) in [6, 6.07) is 70.5. The van der Waals surface area contributed by atoms with E-state index in [0.717, 1.165) is 84.0 Å². The zero-order valence-electron chi connectivity index (χ0n) is 34.7. The summed E-state index contributed by atoms with van der Waals surface area (Å²) in [5.41, 5.74) is 16.7. The standard InChI is InChI=1S/C51H35N3.3CHCl3/c1-6-20-36(21-7-1)46-47(37-22-8-2-9-23-37)49(39-26-12-4-13-27-39)51(50(40-28-14-5-15-29-40)48(46)38-24-10-3-11-25-38)41-34-44(42-30-16-18-32-52-42)54-45(35-41)43-31-17-19-33-53-43;3*2-1(3)4/h1-35H;3*1H. The van der Waals surface area contributed by atoms with E-state index in [4.69, 9.17) is 119 Å². The summed E-state index contributed by atoms with van der Waals surface area (Å²) >= 11 is 43.3. The van der Waals surface area contributed by atoms with Gasteiger partial charge in [-0.15, -0.1) is 0 Å². The maximum absolute atomic E-state index is 5.21. The third kappa shape index (κ3) is 14.2. The number of alkyl halides is 9. The highest BCUT2D eigenvalue weighted by Crippen LogP contribution is 2.56. The molecule has 9 rings (SSSR count). The van der Waals surface area contributed by atoms with Crippen LogP contribution in [0.3, 0.4) is 0 Å². The molecule has 3 heterocycles. The molecule has 12 heteroatoms. The highest BCUT2D eigenvalue weighted by molar-refractivity contribution is 6.63. The minimum Gasteiger partial charge on any atom is -0.255 e. The van der Waals surface area contributed by atoms with Crippen LogP contribution in [0.4, 0.5) is 0 Å². The lowest BCUT2D eigenvalue weighted by Gasteiger charge is -2.29. The number of nitrogens with zero attached hydrogens (tertiary/aromatic N) is 3. The Balaban J connectivity index is 0.000000539. The Labute approximate surface area is 430 Å². The summed E-state index contributed by atoms with van der Waals surface area (Å²) in [4.78, 5) is 14.8. The Hall–Kier alpha value is -4.62. The summed E-state index contributed by atoms with van der Waals surface area (Å²) in [6.07, 6.45) is 3.65. The lowest BCUT2D eigenvalue weighted by Crippen LogP contribution is -2.03. The van der Waals surface area contributed by atoms with Crippen molar-refractivity contribution < 1.29 is 0 Å². The van der Waals surface area contributed by atoms with Gasteiger partial charge in [0.15, 0.2) is 12.9 Å². The molecule has 0 saturated heterocycles. The van der Waals surface area contributed by atoms with Gasteiger partial charge in [-0.05, 0) is 103 Å². The second kappa shape index (κ2) is 26.1. The number of halogens is 9. The van der Waals surface area contributed by atoms with Gasteiger partial charge >= 0.3 is 0 Å². The van der Waals surface area contributed by atoms with Crippen LogP contribution >= 0.6 is 104 Å². The molecule has 0 fully saturated rings. The van der Waals surface area contributed by atoms with E-state index in [1.165, 1.54) is 5.56 Å². The summed E-state index contributed by atoms with van der Waals surface area (Å²) in [5.74, 6) is 0. The van der Waals surface area contributed by atoms with Crippen molar-refractivity contribution in [2.24, 2.45) is 0 Å². The van der Waals surface area contributed by atoms with Gasteiger partial charge in [-0.1, -0.05) is 268 Å². The third-order valence-corrected chi connectivity index (χ3v) is 9.78. The second-order valence-corrected chi connectivity index (χ2v) is 19.8. The van der Waals surface area contributed by atoms with Gasteiger partial charge in [-0.3, -0.25) is 9.97 Å². The Morgan fingerprint density at radius 1 is 0.242 bits per heavy atom. The fourth-order valence-electron chi connectivity index (χ4n) is 7.47. The zero-order chi connectivity index (χ0) is 46.8. The Morgan fingerprint density at radius 3 is 0.667 bits per heavy atom. The van der Waals surface area contributed by atoms with Gasteiger partial charge in [0.05, 0.1) is 22.8 Å². The topological polar surface area (TPSA) is 38.7 Å². The van der Waals surface area contributed by atoms with Crippen molar-refractivity contribution in [2.75, 3.05) is 0 Å². The van der Waals surface area contributed by atoms with E-state index in [2.05, 4.69) is 164 Å². The maximum atomic E-state index is 5.21. The van der Waals surface area contributed by atoms with Crippen LogP contribution in [-0.2, 0) is 0 Å². The molecule has 0 aliphatic carbocycles. The zero-order valence-corrected chi connectivity index (χ0v) is 41.5. The molecule has 3 aromatic heterocycles. The number of aromatic nitrogens is 3. The molecule has 0 spiro atoms. The second-order valence-electron chi connectivity index (χ2n) is 13.9. The highest BCUT2D eigenvalue weighted by atomic mass is 35.6. The van der Waals surface area contributed by atoms with Crippen LogP contribution in [-0.4, -0.2) is 27.8 Å². The molecule has 9 aromatic rings. The predicted octanol–water partition coefficient (Wildman–Crippen LogP) is 19.2. The van der Waals surface area contributed by atoms with Crippen LogP contribution in [0.5, 0.6) is 0 Å². The first-order valence-corrected chi connectivity index (χ1v) is 24.1. The van der Waals surface area contributed by atoms with Crippen molar-refractivity contribution in [2.45, 2.75) is 12.9 Å². The van der Waals surface area contributed by atoms with Crippen molar-refractivity contribution in [3.63, 3.8) is 0 Å². The summed E-state index contributed by atoms with van der Waals surface area (Å²) in [7, 11) is 0. The Kier molecular flexibility index (Phi) is 20.1. The molecule has 0 atom stereocenters. The van der Waals surface area contributed by atoms with Crippen molar-refractivity contribution in [1.29, 1.82) is 0 Å². The van der Waals surface area contributed by atoms with Crippen LogP contribution < -0.4 is 0 Å². The van der Waals surface area contributed by atoms with E-state index in [9.17, 15) is 0 Å². The molecule has 3 nitrogen and oxygen atoms in total. The molecule has 66 heavy (non-hydrogen) atoms. The molecule has 0 aliphatic heterocycles. The van der Waals surface area contributed by atoms with E-state index in [1.807, 2.05) is 48.8 Å². The lowest BCUT2D eigenvalue weighted by molar-refractivity contribution is 1.22. The number of pyridine rings is 3. The normalized spacial score (nSPS) is 10.6. The average Bonchev–Trinajstić information content (AvgIpc) is 3.34. The number of benzene rings is 6. The van der Waals surface area contributed by atoms with Gasteiger partial charge in [-0.25, -0.2) is 4.98 Å². The van der Waals surface area contributed by atoms with Crippen molar-refractivity contribution in [1.82, 2.24) is 15.0 Å². The lowest BCUT2D eigenvalue weighted by atomic mass is 9.74. The molecule has 0 saturated carbocycles. The van der Waals surface area contributed by atoms with Crippen LogP contribution in [0, 0.1) is 0 Å². The monoisotopic (exact) mass is 1040 g/mol. The Bertz CT molecular complexity index is 2660. The molecule has 0 unspecified atom stereocenters. The summed E-state index contributed by atoms with van der Waals surface area (Å²) in [5, 5.41) is 0. The molecular weight excluding hydrogens is 1010 g/mol. The van der Waals surface area contributed by atoms with Crippen LogP contribution in [0.2, 0.25) is 0 Å². The maximum Gasteiger partial charge on any atom is 0.180 e. The minimum atomic E-state index is -0.750. The molecular formula is C54H38Cl9N3. The highest BCUT2D eigenvalue weighted by Gasteiger charge is 2.29. The predicted molar refractivity (Wildman–Crippen MR) is 287 cm³/mol. The van der Waals surface area contributed by atoms with Crippen molar-refractivity contribution >= 4 is 104 Å². The SMILES string of the molecule is ClC(Cl)Cl.ClC(Cl)Cl.ClC(Cl)Cl.c1ccc(-c2c(-c3ccccc3)c(-c3ccccc3)c(-c3cc(-c4ccccn4)nc(-c4ccccn4)c3)c(-c3ccccc3)c2-c2ccccc2)cc1. The smallest absolute Gasteiger partial charge is 0.180 e. The molecule has 6 aromatic carbocycles. The first kappa shape index (κ1) is 50.8. The van der Waals surface area contributed by atoms with Gasteiger partial charge in [-0.2, -0.15) is 0 Å². The number of rotatable bonds is 8. The fraction of sp³-hybridized carbons (Fsp3) is 0.0556. The van der Waals surface area contributed by atoms with Gasteiger partial charge in [0.2, 0.25) is 0 Å². The number of hydrogen-bond donors (Lipinski definition) is 0. The fourth-order valence-corrected chi connectivity index (χ4v) is 7.47. The minimum absolute atomic E-state index is 0.750. The molecule has 0 aliphatic rings. The molecule has 332 valence electrons.